The maximum absolute atomic E-state index is 12.3. The fourth-order valence-corrected chi connectivity index (χ4v) is 5.18. The van der Waals surface area contributed by atoms with Gasteiger partial charge in [-0.1, -0.05) is 61.4 Å². The van der Waals surface area contributed by atoms with Crippen LogP contribution in [0.5, 0.6) is 0 Å². The average molecular weight is 399 g/mol. The number of thiazole rings is 1. The van der Waals surface area contributed by atoms with E-state index in [1.165, 1.54) is 31.0 Å². The molecule has 0 unspecified atom stereocenters. The first-order valence-corrected chi connectivity index (χ1v) is 11.1. The Kier molecular flexibility index (Phi) is 5.69. The largest absolute Gasteiger partial charge is 0.353 e. The molecule has 0 atom stereocenters. The predicted octanol–water partition coefficient (Wildman–Crippen LogP) is 4.60. The molecule has 7 heteroatoms. The number of rotatable bonds is 5. The van der Waals surface area contributed by atoms with Gasteiger partial charge in [-0.25, -0.2) is 4.98 Å². The normalized spacial score (nSPS) is 15.1. The van der Waals surface area contributed by atoms with Crippen molar-refractivity contribution < 1.29 is 4.79 Å². The van der Waals surface area contributed by atoms with Crippen molar-refractivity contribution in [1.29, 1.82) is 0 Å². The maximum atomic E-state index is 12.3. The lowest BCUT2D eigenvalue weighted by molar-refractivity contribution is -0.119. The lowest BCUT2D eigenvalue weighted by Crippen LogP contribution is -2.37. The smallest absolute Gasteiger partial charge is 0.230 e. The van der Waals surface area contributed by atoms with Gasteiger partial charge in [0.2, 0.25) is 5.91 Å². The summed E-state index contributed by atoms with van der Waals surface area (Å²) in [5.74, 6) is 0.419. The number of aryl methyl sites for hydroxylation is 1. The summed E-state index contributed by atoms with van der Waals surface area (Å²) in [4.78, 5) is 17.0. The Morgan fingerprint density at radius 3 is 2.74 bits per heavy atom. The van der Waals surface area contributed by atoms with E-state index in [1.54, 1.807) is 11.3 Å². The Bertz CT molecular complexity index is 936. The van der Waals surface area contributed by atoms with Crippen molar-refractivity contribution in [2.45, 2.75) is 50.1 Å². The van der Waals surface area contributed by atoms with E-state index in [-0.39, 0.29) is 5.91 Å². The Hall–Kier alpha value is -1.99. The summed E-state index contributed by atoms with van der Waals surface area (Å²) in [6.45, 7) is 1.99. The van der Waals surface area contributed by atoms with Crippen LogP contribution in [0.4, 0.5) is 0 Å². The Morgan fingerprint density at radius 1 is 1.19 bits per heavy atom. The van der Waals surface area contributed by atoms with Crippen LogP contribution in [-0.4, -0.2) is 32.9 Å². The first-order valence-electron chi connectivity index (χ1n) is 9.32. The van der Waals surface area contributed by atoms with Gasteiger partial charge in [-0.3, -0.25) is 4.79 Å². The molecule has 1 fully saturated rings. The van der Waals surface area contributed by atoms with Crippen LogP contribution < -0.4 is 5.32 Å². The van der Waals surface area contributed by atoms with Gasteiger partial charge in [-0.05, 0) is 19.8 Å². The summed E-state index contributed by atoms with van der Waals surface area (Å²) >= 11 is 3.05. The second-order valence-electron chi connectivity index (χ2n) is 6.82. The second-order valence-corrected chi connectivity index (χ2v) is 8.99. The van der Waals surface area contributed by atoms with Crippen LogP contribution in [0.25, 0.3) is 21.5 Å². The molecule has 1 aliphatic rings. The number of carbonyl (C=O) groups is 1. The minimum atomic E-state index is 0.0703. The minimum Gasteiger partial charge on any atom is -0.353 e. The number of amides is 1. The van der Waals surface area contributed by atoms with E-state index in [4.69, 9.17) is 0 Å². The molecule has 0 aliphatic heterocycles. The van der Waals surface area contributed by atoms with Gasteiger partial charge in [0, 0.05) is 11.6 Å². The summed E-state index contributed by atoms with van der Waals surface area (Å²) in [7, 11) is 0. The van der Waals surface area contributed by atoms with Crippen LogP contribution in [0, 0.1) is 6.92 Å². The highest BCUT2D eigenvalue weighted by Gasteiger charge is 2.19. The summed E-state index contributed by atoms with van der Waals surface area (Å²) < 4.78 is 1.03. The summed E-state index contributed by atoms with van der Waals surface area (Å²) in [6.07, 6.45) is 5.90. The number of thioether (sulfide) groups is 1. The van der Waals surface area contributed by atoms with Crippen LogP contribution in [0.2, 0.25) is 0 Å². The fraction of sp³-hybridized carbons (Fsp3) is 0.400. The van der Waals surface area contributed by atoms with E-state index in [0.29, 0.717) is 11.8 Å². The van der Waals surface area contributed by atoms with E-state index < -0.39 is 0 Å². The van der Waals surface area contributed by atoms with Gasteiger partial charge in [0.05, 0.1) is 15.5 Å². The van der Waals surface area contributed by atoms with Crippen LogP contribution >= 0.6 is 23.1 Å². The molecule has 1 aromatic carbocycles. The van der Waals surface area contributed by atoms with E-state index in [1.807, 2.05) is 37.3 Å². The number of nitrogens with zero attached hydrogens (tertiary/aromatic N) is 3. The molecule has 1 amide bonds. The molecular formula is C20H22N4OS2. The van der Waals surface area contributed by atoms with E-state index in [0.717, 1.165) is 44.3 Å². The zero-order chi connectivity index (χ0) is 18.6. The number of nitrogens with one attached hydrogen (secondary N) is 1. The van der Waals surface area contributed by atoms with Crippen molar-refractivity contribution in [1.82, 2.24) is 20.5 Å². The van der Waals surface area contributed by atoms with Crippen molar-refractivity contribution in [2.24, 2.45) is 0 Å². The van der Waals surface area contributed by atoms with Crippen molar-refractivity contribution in [2.75, 3.05) is 5.75 Å². The van der Waals surface area contributed by atoms with Gasteiger partial charge >= 0.3 is 0 Å². The SMILES string of the molecule is Cc1nc2c(SCC(=O)NC3CCCCC3)nnc(-c3ccccc3)c2s1. The summed E-state index contributed by atoms with van der Waals surface area (Å²) in [6, 6.07) is 10.4. The van der Waals surface area contributed by atoms with E-state index in [2.05, 4.69) is 20.5 Å². The maximum Gasteiger partial charge on any atom is 0.230 e. The molecule has 1 N–H and O–H groups in total. The summed E-state index contributed by atoms with van der Waals surface area (Å²) in [5, 5.41) is 13.7. The molecule has 2 heterocycles. The predicted molar refractivity (Wildman–Crippen MR) is 111 cm³/mol. The third-order valence-electron chi connectivity index (χ3n) is 4.75. The highest BCUT2D eigenvalue weighted by atomic mass is 32.2. The molecular weight excluding hydrogens is 376 g/mol. The quantitative estimate of drug-likeness (QED) is 0.636. The van der Waals surface area contributed by atoms with Crippen molar-refractivity contribution >= 4 is 39.2 Å². The number of hydrogen-bond acceptors (Lipinski definition) is 6. The summed E-state index contributed by atoms with van der Waals surface area (Å²) in [5.41, 5.74) is 2.74. The molecule has 0 bridgehead atoms. The Balaban J connectivity index is 1.52. The van der Waals surface area contributed by atoms with Crippen LogP contribution in [0.3, 0.4) is 0 Å². The molecule has 0 saturated heterocycles. The highest BCUT2D eigenvalue weighted by molar-refractivity contribution is 8.00. The molecule has 5 nitrogen and oxygen atoms in total. The molecule has 1 aliphatic carbocycles. The molecule has 140 valence electrons. The highest BCUT2D eigenvalue weighted by Crippen LogP contribution is 2.35. The first-order chi connectivity index (χ1) is 13.2. The second kappa shape index (κ2) is 8.35. The molecule has 3 aromatic rings. The van der Waals surface area contributed by atoms with E-state index in [9.17, 15) is 4.79 Å². The first kappa shape index (κ1) is 18.4. The molecule has 2 aromatic heterocycles. The molecule has 1 saturated carbocycles. The van der Waals surface area contributed by atoms with Gasteiger partial charge in [0.25, 0.3) is 0 Å². The van der Waals surface area contributed by atoms with Gasteiger partial charge < -0.3 is 5.32 Å². The third-order valence-corrected chi connectivity index (χ3v) is 6.68. The number of hydrogen-bond donors (Lipinski definition) is 1. The van der Waals surface area contributed by atoms with Gasteiger partial charge in [0.15, 0.2) is 0 Å². The number of fused-ring (bicyclic) bond motifs is 1. The van der Waals surface area contributed by atoms with Crippen molar-refractivity contribution in [3.05, 3.63) is 35.3 Å². The number of aromatic nitrogens is 3. The molecule has 4 rings (SSSR count). The topological polar surface area (TPSA) is 67.8 Å². The zero-order valence-electron chi connectivity index (χ0n) is 15.3. The van der Waals surface area contributed by atoms with Gasteiger partial charge in [-0.15, -0.1) is 21.5 Å². The van der Waals surface area contributed by atoms with Crippen LogP contribution in [0.15, 0.2) is 35.4 Å². The van der Waals surface area contributed by atoms with Gasteiger partial charge in [0.1, 0.15) is 16.2 Å². The lowest BCUT2D eigenvalue weighted by atomic mass is 9.95. The zero-order valence-corrected chi connectivity index (χ0v) is 16.9. The standard InChI is InChI=1S/C20H22N4OS2/c1-13-21-18-19(27-13)17(14-8-4-2-5-9-14)23-24-20(18)26-12-16(25)22-15-10-6-3-7-11-15/h2,4-5,8-9,15H,3,6-7,10-12H2,1H3,(H,22,25). The van der Waals surface area contributed by atoms with Crippen molar-refractivity contribution in [3.8, 4) is 11.3 Å². The Morgan fingerprint density at radius 2 is 1.96 bits per heavy atom. The van der Waals surface area contributed by atoms with Crippen molar-refractivity contribution in [3.63, 3.8) is 0 Å². The number of benzene rings is 1. The fourth-order valence-electron chi connectivity index (χ4n) is 3.45. The molecule has 0 spiro atoms. The van der Waals surface area contributed by atoms with Crippen LogP contribution in [-0.2, 0) is 4.79 Å². The van der Waals surface area contributed by atoms with Crippen LogP contribution in [0.1, 0.15) is 37.1 Å². The third kappa shape index (κ3) is 4.30. The average Bonchev–Trinajstić information content (AvgIpc) is 3.09. The van der Waals surface area contributed by atoms with E-state index >= 15 is 0 Å². The number of carbonyl (C=O) groups excluding carboxylic acids is 1. The molecule has 27 heavy (non-hydrogen) atoms. The Labute approximate surface area is 167 Å². The minimum absolute atomic E-state index is 0.0703. The molecule has 0 radical (unpaired) electrons. The monoisotopic (exact) mass is 398 g/mol. The van der Waals surface area contributed by atoms with Gasteiger partial charge in [-0.2, -0.15) is 0 Å². The lowest BCUT2D eigenvalue weighted by Gasteiger charge is -2.22.